The number of nitrogens with zero attached hydrogens (tertiary/aromatic N) is 2. The number of carboxylic acid groups (broad SMARTS) is 1. The molecule has 2 N–H and O–H groups in total. The Morgan fingerprint density at radius 1 is 0.667 bits per heavy atom. The number of amides is 1. The molecule has 2 unspecified atom stereocenters. The molecule has 2 aliphatic rings. The number of ether oxygens (including phenoxy) is 8. The first kappa shape index (κ1) is 44.0. The van der Waals surface area contributed by atoms with E-state index in [1.54, 1.807) is 40.2 Å². The number of hydrogen-bond donors (Lipinski definition) is 2. The molecular weight excluding hydrogens is 791 g/mol. The van der Waals surface area contributed by atoms with Gasteiger partial charge in [0.2, 0.25) is 11.0 Å². The maximum Gasteiger partial charge on any atom is 0.310 e. The Balaban J connectivity index is 0.000000205. The monoisotopic (exact) mass is 841 g/mol. The van der Waals surface area contributed by atoms with E-state index in [0.29, 0.717) is 60.3 Å². The van der Waals surface area contributed by atoms with Crippen LogP contribution < -0.4 is 24.3 Å². The number of benzene rings is 4. The fraction of sp³-hybridized carbons (Fsp3) is 0.378. The van der Waals surface area contributed by atoms with E-state index < -0.39 is 16.8 Å². The van der Waals surface area contributed by atoms with Crippen LogP contribution in [0.4, 0.5) is 5.13 Å². The first-order valence-corrected chi connectivity index (χ1v) is 20.2. The van der Waals surface area contributed by atoms with Gasteiger partial charge in [0.05, 0.1) is 37.3 Å². The number of fused-ring (bicyclic) bond motifs is 4. The molecule has 0 saturated heterocycles. The van der Waals surface area contributed by atoms with Gasteiger partial charge in [-0.25, -0.2) is 0 Å². The van der Waals surface area contributed by atoms with Gasteiger partial charge in [-0.15, -0.1) is 10.2 Å². The molecule has 5 aromatic rings. The summed E-state index contributed by atoms with van der Waals surface area (Å²) in [7, 11) is 3.23. The second-order valence-corrected chi connectivity index (χ2v) is 16.4. The van der Waals surface area contributed by atoms with Gasteiger partial charge < -0.3 is 48.3 Å². The minimum absolute atomic E-state index is 0.1000. The maximum atomic E-state index is 13.4. The van der Waals surface area contributed by atoms with Gasteiger partial charge in [-0.2, -0.15) is 0 Å². The van der Waals surface area contributed by atoms with Gasteiger partial charge in [0, 0.05) is 60.4 Å². The predicted octanol–water partition coefficient (Wildman–Crippen LogP) is 8.78. The van der Waals surface area contributed by atoms with Crippen LogP contribution in [0.2, 0.25) is 0 Å². The first-order valence-electron chi connectivity index (χ1n) is 19.4. The molecule has 0 radical (unpaired) electrons. The van der Waals surface area contributed by atoms with E-state index in [0.717, 1.165) is 33.0 Å². The van der Waals surface area contributed by atoms with Crippen LogP contribution >= 0.6 is 11.3 Å². The number of anilines is 1. The second kappa shape index (κ2) is 19.7. The Hall–Kier alpha value is -5.58. The molecule has 2 aliphatic heterocycles. The fourth-order valence-corrected chi connectivity index (χ4v) is 7.68. The number of nitrogens with one attached hydrogen (secondary N) is 1. The van der Waals surface area contributed by atoms with Crippen molar-refractivity contribution in [3.8, 4) is 34.5 Å². The van der Waals surface area contributed by atoms with Gasteiger partial charge in [-0.3, -0.25) is 9.59 Å². The molecule has 0 spiro atoms. The van der Waals surface area contributed by atoms with Gasteiger partial charge >= 0.3 is 5.97 Å². The molecule has 15 heteroatoms. The largest absolute Gasteiger partial charge is 0.481 e. The molecule has 0 aliphatic carbocycles. The number of methoxy groups -OCH3 is 2. The number of carboxylic acids is 1. The number of rotatable bonds is 17. The number of carbonyl (C=O) groups excluding carboxylic acids is 1. The molecule has 7 rings (SSSR count). The highest BCUT2D eigenvalue weighted by Gasteiger charge is 2.45. The van der Waals surface area contributed by atoms with Gasteiger partial charge in [-0.1, -0.05) is 73.7 Å². The van der Waals surface area contributed by atoms with Crippen molar-refractivity contribution < 1.29 is 52.6 Å². The lowest BCUT2D eigenvalue weighted by atomic mass is 9.69. The third-order valence-electron chi connectivity index (χ3n) is 10.3. The second-order valence-electron chi connectivity index (χ2n) is 15.2. The standard InChI is InChI=1S/C24H27N3O5S.C21H24O6/c1-15-26-27-23(33-15)25-22(28)24(2,3)21-17-7-5-6-8-19(17)32-20-13-16(9-10-18(20)21)31-14-30-12-11-29-4;1-21(2,20(22)23)19-15-6-4-5-7-17(15)27-18-12-14(8-9-16(18)19)26-13-25-11-10-24-3/h5-10,13,21H,11-12,14H2,1-4H3,(H,25,27,28);4-9,12,19H,10-11,13H2,1-3H3,(H,22,23). The highest BCUT2D eigenvalue weighted by molar-refractivity contribution is 7.15. The molecule has 3 heterocycles. The maximum absolute atomic E-state index is 13.4. The first-order chi connectivity index (χ1) is 28.8. The summed E-state index contributed by atoms with van der Waals surface area (Å²) in [5.74, 6) is 2.28. The summed E-state index contributed by atoms with van der Waals surface area (Å²) in [5.41, 5.74) is 1.76. The van der Waals surface area contributed by atoms with Gasteiger partial charge in [0.25, 0.3) is 0 Å². The zero-order valence-electron chi connectivity index (χ0n) is 34.8. The topological polar surface area (TPSA) is 166 Å². The van der Waals surface area contributed by atoms with Crippen LogP contribution in [0.5, 0.6) is 34.5 Å². The number of carbonyl (C=O) groups is 2. The summed E-state index contributed by atoms with van der Waals surface area (Å²) in [6.45, 7) is 11.3. The number of aromatic nitrogens is 2. The number of aliphatic carboxylic acids is 1. The highest BCUT2D eigenvalue weighted by atomic mass is 32.1. The summed E-state index contributed by atoms with van der Waals surface area (Å²) < 4.78 is 44.1. The van der Waals surface area contributed by atoms with Crippen molar-refractivity contribution in [2.45, 2.75) is 46.5 Å². The van der Waals surface area contributed by atoms with Crippen molar-refractivity contribution in [3.63, 3.8) is 0 Å². The zero-order valence-corrected chi connectivity index (χ0v) is 35.6. The van der Waals surface area contributed by atoms with Crippen molar-refractivity contribution in [1.29, 1.82) is 0 Å². The Morgan fingerprint density at radius 2 is 1.13 bits per heavy atom. The normalized spacial score (nSPS) is 15.1. The molecule has 318 valence electrons. The van der Waals surface area contributed by atoms with Gasteiger partial charge in [-0.05, 0) is 45.0 Å². The molecule has 4 aromatic carbocycles. The minimum atomic E-state index is -1.000. The van der Waals surface area contributed by atoms with Crippen LogP contribution in [0.25, 0.3) is 0 Å². The van der Waals surface area contributed by atoms with E-state index in [-0.39, 0.29) is 31.3 Å². The molecule has 14 nitrogen and oxygen atoms in total. The van der Waals surface area contributed by atoms with Crippen molar-refractivity contribution >= 4 is 28.3 Å². The predicted molar refractivity (Wildman–Crippen MR) is 225 cm³/mol. The minimum Gasteiger partial charge on any atom is -0.481 e. The fourth-order valence-electron chi connectivity index (χ4n) is 7.10. The van der Waals surface area contributed by atoms with E-state index in [2.05, 4.69) is 15.5 Å². The molecule has 1 amide bonds. The summed E-state index contributed by atoms with van der Waals surface area (Å²) >= 11 is 1.35. The average molecular weight is 842 g/mol. The van der Waals surface area contributed by atoms with Crippen LogP contribution in [0.1, 0.15) is 66.8 Å². The zero-order chi connectivity index (χ0) is 42.9. The van der Waals surface area contributed by atoms with Crippen LogP contribution in [0.15, 0.2) is 84.9 Å². The van der Waals surface area contributed by atoms with Crippen LogP contribution in [-0.2, 0) is 28.5 Å². The van der Waals surface area contributed by atoms with E-state index >= 15 is 0 Å². The third-order valence-corrected chi connectivity index (χ3v) is 11.1. The van der Waals surface area contributed by atoms with E-state index in [4.69, 9.17) is 37.9 Å². The van der Waals surface area contributed by atoms with Crippen LogP contribution in [0.3, 0.4) is 0 Å². The van der Waals surface area contributed by atoms with Gasteiger partial charge in [0.15, 0.2) is 13.6 Å². The number of aryl methyl sites for hydroxylation is 1. The Bertz CT molecular complexity index is 2260. The number of para-hydroxylation sites is 2. The number of hydrogen-bond acceptors (Lipinski definition) is 13. The Morgan fingerprint density at radius 3 is 1.58 bits per heavy atom. The Labute approximate surface area is 353 Å². The Kier molecular flexibility index (Phi) is 14.4. The van der Waals surface area contributed by atoms with Crippen molar-refractivity contribution in [2.75, 3.05) is 59.5 Å². The van der Waals surface area contributed by atoms with Crippen LogP contribution in [0, 0.1) is 17.8 Å². The lowest BCUT2D eigenvalue weighted by Crippen LogP contribution is -2.38. The molecule has 60 heavy (non-hydrogen) atoms. The SMILES string of the molecule is COCCOCOc1ccc2c(c1)Oc1ccccc1C2C(C)(C)C(=O)Nc1nnc(C)s1.COCCOCOc1ccc2c(c1)Oc1ccccc1C2C(C)(C)C(=O)O. The molecule has 0 saturated carbocycles. The van der Waals surface area contributed by atoms with Crippen molar-refractivity contribution in [3.05, 3.63) is 112 Å². The van der Waals surface area contributed by atoms with E-state index in [9.17, 15) is 14.7 Å². The van der Waals surface area contributed by atoms with Crippen molar-refractivity contribution in [1.82, 2.24) is 10.2 Å². The third kappa shape index (κ3) is 10.1. The summed E-state index contributed by atoms with van der Waals surface area (Å²) in [6, 6.07) is 26.4. The van der Waals surface area contributed by atoms with Crippen LogP contribution in [-0.4, -0.2) is 81.4 Å². The quantitative estimate of drug-likeness (QED) is 0.0675. The van der Waals surface area contributed by atoms with E-state index in [1.807, 2.05) is 93.6 Å². The average Bonchev–Trinajstić information content (AvgIpc) is 3.65. The lowest BCUT2D eigenvalue weighted by molar-refractivity contribution is -0.147. The highest BCUT2D eigenvalue weighted by Crippen LogP contribution is 2.54. The molecular formula is C45H51N3O11S. The van der Waals surface area contributed by atoms with Gasteiger partial charge in [0.1, 0.15) is 39.5 Å². The smallest absolute Gasteiger partial charge is 0.310 e. The van der Waals surface area contributed by atoms with Crippen molar-refractivity contribution in [2.24, 2.45) is 10.8 Å². The molecule has 1 aromatic heterocycles. The summed E-state index contributed by atoms with van der Waals surface area (Å²) in [6.07, 6.45) is 0. The molecule has 2 atom stereocenters. The lowest BCUT2D eigenvalue weighted by Gasteiger charge is -2.38. The molecule has 0 bridgehead atoms. The summed E-state index contributed by atoms with van der Waals surface area (Å²) in [4.78, 5) is 25.3. The van der Waals surface area contributed by atoms with E-state index in [1.165, 1.54) is 11.3 Å². The summed E-state index contributed by atoms with van der Waals surface area (Å²) in [5, 5.41) is 22.0. The molecule has 0 fully saturated rings.